The second-order valence-corrected chi connectivity index (χ2v) is 6.67. The molecule has 17 heavy (non-hydrogen) atoms. The zero-order chi connectivity index (χ0) is 11.7. The van der Waals surface area contributed by atoms with Crippen molar-refractivity contribution in [3.05, 3.63) is 0 Å². The number of likely N-dealkylation sites (tertiary alicyclic amines) is 1. The van der Waals surface area contributed by atoms with Crippen LogP contribution in [0.25, 0.3) is 0 Å². The molecule has 2 atom stereocenters. The Morgan fingerprint density at radius 3 is 3.06 bits per heavy atom. The van der Waals surface area contributed by atoms with Crippen molar-refractivity contribution >= 4 is 16.9 Å². The Bertz CT molecular complexity index is 301. The zero-order valence-electron chi connectivity index (χ0n) is 10.7. The summed E-state index contributed by atoms with van der Waals surface area (Å²) >= 11 is 1.99. The van der Waals surface area contributed by atoms with Gasteiger partial charge in [-0.1, -0.05) is 18.7 Å². The Morgan fingerprint density at radius 2 is 2.29 bits per heavy atom. The van der Waals surface area contributed by atoms with Crippen molar-refractivity contribution < 1.29 is 0 Å². The number of nitrogens with zero attached hydrogens (tertiary/aromatic N) is 2. The van der Waals surface area contributed by atoms with Crippen LogP contribution in [0.1, 0.15) is 32.6 Å². The monoisotopic (exact) mass is 253 g/mol. The summed E-state index contributed by atoms with van der Waals surface area (Å²) in [6.07, 6.45) is 5.59. The first-order valence-corrected chi connectivity index (χ1v) is 7.94. The molecule has 1 N–H and O–H groups in total. The van der Waals surface area contributed by atoms with Gasteiger partial charge in [0.15, 0.2) is 5.17 Å². The van der Waals surface area contributed by atoms with Gasteiger partial charge in [-0.05, 0) is 44.7 Å². The zero-order valence-corrected chi connectivity index (χ0v) is 11.5. The van der Waals surface area contributed by atoms with Crippen LogP contribution in [0, 0.1) is 5.92 Å². The van der Waals surface area contributed by atoms with E-state index in [4.69, 9.17) is 0 Å². The van der Waals surface area contributed by atoms with Crippen molar-refractivity contribution in [3.63, 3.8) is 0 Å². The molecule has 4 heteroatoms. The highest BCUT2D eigenvalue weighted by Gasteiger charge is 2.35. The fourth-order valence-corrected chi connectivity index (χ4v) is 4.17. The second-order valence-electron chi connectivity index (χ2n) is 5.45. The van der Waals surface area contributed by atoms with E-state index < -0.39 is 0 Å². The van der Waals surface area contributed by atoms with Gasteiger partial charge < -0.3 is 5.32 Å². The summed E-state index contributed by atoms with van der Waals surface area (Å²) in [5.41, 5.74) is 0. The van der Waals surface area contributed by atoms with Gasteiger partial charge in [0, 0.05) is 17.8 Å². The molecule has 1 saturated heterocycles. The fraction of sp³-hybridized carbons (Fsp3) is 0.923. The molecule has 3 aliphatic rings. The van der Waals surface area contributed by atoms with Crippen molar-refractivity contribution in [1.82, 2.24) is 10.2 Å². The van der Waals surface area contributed by atoms with Gasteiger partial charge in [0.25, 0.3) is 0 Å². The molecule has 0 radical (unpaired) electrons. The molecule has 2 heterocycles. The topological polar surface area (TPSA) is 27.6 Å². The maximum Gasteiger partial charge on any atom is 0.156 e. The summed E-state index contributed by atoms with van der Waals surface area (Å²) in [5.74, 6) is 0.974. The minimum atomic E-state index is 0.739. The number of thioether (sulfide) groups is 1. The van der Waals surface area contributed by atoms with Gasteiger partial charge in [0.2, 0.25) is 0 Å². The molecule has 0 spiro atoms. The highest BCUT2D eigenvalue weighted by molar-refractivity contribution is 8.14. The summed E-state index contributed by atoms with van der Waals surface area (Å²) < 4.78 is 0. The summed E-state index contributed by atoms with van der Waals surface area (Å²) in [7, 11) is 0. The van der Waals surface area contributed by atoms with Crippen LogP contribution in [0.5, 0.6) is 0 Å². The molecule has 2 unspecified atom stereocenters. The maximum atomic E-state index is 4.64. The lowest BCUT2D eigenvalue weighted by Crippen LogP contribution is -2.39. The smallest absolute Gasteiger partial charge is 0.156 e. The molecule has 0 aromatic rings. The Morgan fingerprint density at radius 1 is 1.41 bits per heavy atom. The van der Waals surface area contributed by atoms with Crippen LogP contribution in [-0.2, 0) is 0 Å². The van der Waals surface area contributed by atoms with E-state index in [0.717, 1.165) is 30.3 Å². The molecule has 0 aromatic heterocycles. The van der Waals surface area contributed by atoms with Crippen molar-refractivity contribution in [3.8, 4) is 0 Å². The highest BCUT2D eigenvalue weighted by Crippen LogP contribution is 2.41. The van der Waals surface area contributed by atoms with E-state index in [9.17, 15) is 0 Å². The first-order chi connectivity index (χ1) is 8.36. The molecule has 96 valence electrons. The Hall–Kier alpha value is -0.220. The van der Waals surface area contributed by atoms with Crippen LogP contribution >= 0.6 is 11.8 Å². The molecular formula is C13H23N3S. The number of likely N-dealkylation sites (N-methyl/N-ethyl adjacent to an activating group) is 1. The third-order valence-electron chi connectivity index (χ3n) is 4.22. The summed E-state index contributed by atoms with van der Waals surface area (Å²) in [4.78, 5) is 7.23. The molecule has 0 aromatic carbocycles. The van der Waals surface area contributed by atoms with Crippen molar-refractivity contribution in [2.24, 2.45) is 10.9 Å². The van der Waals surface area contributed by atoms with E-state index in [2.05, 4.69) is 22.1 Å². The summed E-state index contributed by atoms with van der Waals surface area (Å²) in [5, 5.41) is 5.58. The van der Waals surface area contributed by atoms with Crippen LogP contribution < -0.4 is 5.32 Å². The van der Waals surface area contributed by atoms with Crippen LogP contribution in [-0.4, -0.2) is 47.5 Å². The lowest BCUT2D eigenvalue weighted by molar-refractivity contribution is 0.267. The lowest BCUT2D eigenvalue weighted by Gasteiger charge is -2.23. The van der Waals surface area contributed by atoms with Crippen molar-refractivity contribution in [2.45, 2.75) is 43.9 Å². The van der Waals surface area contributed by atoms with E-state index in [1.54, 1.807) is 0 Å². The fourth-order valence-electron chi connectivity index (χ4n) is 2.95. The molecule has 2 aliphatic heterocycles. The quantitative estimate of drug-likeness (QED) is 0.830. The number of hydrogen-bond acceptors (Lipinski definition) is 4. The first-order valence-electron chi connectivity index (χ1n) is 7.06. The van der Waals surface area contributed by atoms with Gasteiger partial charge in [-0.3, -0.25) is 9.89 Å². The summed E-state index contributed by atoms with van der Waals surface area (Å²) in [6.45, 7) is 6.89. The van der Waals surface area contributed by atoms with Gasteiger partial charge in [0.1, 0.15) is 0 Å². The molecule has 3 nitrogen and oxygen atoms in total. The minimum absolute atomic E-state index is 0.739. The molecule has 1 saturated carbocycles. The van der Waals surface area contributed by atoms with E-state index in [1.807, 2.05) is 11.8 Å². The average molecular weight is 253 g/mol. The largest absolute Gasteiger partial charge is 0.363 e. The number of amidine groups is 1. The third-order valence-corrected chi connectivity index (χ3v) is 5.55. The molecule has 1 aliphatic carbocycles. The van der Waals surface area contributed by atoms with Crippen molar-refractivity contribution in [1.29, 1.82) is 0 Å². The highest BCUT2D eigenvalue weighted by atomic mass is 32.2. The van der Waals surface area contributed by atoms with E-state index in [-0.39, 0.29) is 0 Å². The van der Waals surface area contributed by atoms with Gasteiger partial charge >= 0.3 is 0 Å². The molecule has 3 rings (SSSR count). The van der Waals surface area contributed by atoms with Crippen LogP contribution in [0.4, 0.5) is 0 Å². The lowest BCUT2D eigenvalue weighted by atomic mass is 10.2. The Labute approximate surface area is 108 Å². The van der Waals surface area contributed by atoms with Crippen LogP contribution in [0.15, 0.2) is 4.99 Å². The van der Waals surface area contributed by atoms with Gasteiger partial charge in [-0.25, -0.2) is 0 Å². The van der Waals surface area contributed by atoms with Crippen molar-refractivity contribution in [2.75, 3.05) is 26.2 Å². The molecular weight excluding hydrogens is 230 g/mol. The minimum Gasteiger partial charge on any atom is -0.363 e. The average Bonchev–Trinajstić information content (AvgIpc) is 2.93. The van der Waals surface area contributed by atoms with Gasteiger partial charge in [-0.2, -0.15) is 0 Å². The standard InChI is InChI=1S/C13H23N3S/c1-2-16-7-3-4-11(16)8-14-13-15-9-12(17-13)10-5-6-10/h10-12H,2-9H2,1H3,(H,14,15). The normalized spacial score (nSPS) is 34.1. The predicted molar refractivity (Wildman–Crippen MR) is 74.7 cm³/mol. The van der Waals surface area contributed by atoms with Crippen LogP contribution in [0.3, 0.4) is 0 Å². The van der Waals surface area contributed by atoms with E-state index in [0.29, 0.717) is 0 Å². The second kappa shape index (κ2) is 5.19. The third kappa shape index (κ3) is 2.79. The molecule has 2 fully saturated rings. The predicted octanol–water partition coefficient (Wildman–Crippen LogP) is 1.94. The summed E-state index contributed by atoms with van der Waals surface area (Å²) in [6, 6.07) is 0.739. The number of aliphatic imine (C=N–C) groups is 1. The van der Waals surface area contributed by atoms with E-state index >= 15 is 0 Å². The van der Waals surface area contributed by atoms with Gasteiger partial charge in [-0.15, -0.1) is 0 Å². The maximum absolute atomic E-state index is 4.64. The number of nitrogens with one attached hydrogen (secondary N) is 1. The molecule has 0 amide bonds. The first kappa shape index (κ1) is 11.8. The Kier molecular flexibility index (Phi) is 3.61. The molecule has 0 bridgehead atoms. The van der Waals surface area contributed by atoms with Crippen LogP contribution in [0.2, 0.25) is 0 Å². The number of hydrogen-bond donors (Lipinski definition) is 1. The SMILES string of the molecule is CCN1CCCC1CNC1=NCC(C2CC2)S1. The number of rotatable bonds is 4. The van der Waals surface area contributed by atoms with E-state index in [1.165, 1.54) is 43.9 Å². The van der Waals surface area contributed by atoms with Gasteiger partial charge in [0.05, 0.1) is 6.54 Å². The Balaban J connectivity index is 1.42.